The van der Waals surface area contributed by atoms with E-state index in [9.17, 15) is 14.7 Å². The molecule has 0 radical (unpaired) electrons. The Morgan fingerprint density at radius 1 is 1.06 bits per heavy atom. The Morgan fingerprint density at radius 3 is 2.60 bits per heavy atom. The van der Waals surface area contributed by atoms with Crippen LogP contribution in [-0.2, 0) is 44.7 Å². The second kappa shape index (κ2) is 12.1. The minimum atomic E-state index is -1.34. The largest absolute Gasteiger partial charge is 0.499 e. The number of likely N-dealkylation sites (tertiary alicyclic amines) is 1. The predicted octanol–water partition coefficient (Wildman–Crippen LogP) is 0.866. The number of hydroxylamine groups is 2. The zero-order chi connectivity index (χ0) is 32.3. The summed E-state index contributed by atoms with van der Waals surface area (Å²) in [6, 6.07) is 5.92. The number of esters is 1. The lowest BCUT2D eigenvalue weighted by atomic mass is 9.62. The normalized spacial score (nSPS) is 35.6. The van der Waals surface area contributed by atoms with E-state index < -0.39 is 53.7 Å². The van der Waals surface area contributed by atoms with Crippen molar-refractivity contribution in [1.82, 2.24) is 15.3 Å². The molecule has 7 aliphatic rings. The number of aliphatic hydroxyl groups excluding tert-OH is 2. The number of aliphatic hydroxyl groups is 2. The monoisotopic (exact) mass is 653 g/mol. The van der Waals surface area contributed by atoms with Crippen molar-refractivity contribution < 1.29 is 48.4 Å². The lowest BCUT2D eigenvalue weighted by Crippen LogP contribution is -2.70. The molecule has 8 rings (SSSR count). The van der Waals surface area contributed by atoms with E-state index in [2.05, 4.69) is 5.32 Å². The van der Waals surface area contributed by atoms with Crippen LogP contribution in [0.4, 0.5) is 0 Å². The van der Waals surface area contributed by atoms with Crippen LogP contribution in [0.3, 0.4) is 0 Å². The molecular formula is C34H43N3O10. The van der Waals surface area contributed by atoms with Crippen LogP contribution in [0.15, 0.2) is 30.5 Å². The first kappa shape index (κ1) is 31.2. The average molecular weight is 654 g/mol. The molecule has 7 atom stereocenters. The lowest BCUT2D eigenvalue weighted by molar-refractivity contribution is -0.235. The summed E-state index contributed by atoms with van der Waals surface area (Å²) >= 11 is 0. The van der Waals surface area contributed by atoms with Gasteiger partial charge in [-0.3, -0.25) is 19.2 Å². The van der Waals surface area contributed by atoms with Crippen molar-refractivity contribution in [2.45, 2.75) is 93.8 Å². The van der Waals surface area contributed by atoms with Crippen LogP contribution in [0.2, 0.25) is 0 Å². The highest BCUT2D eigenvalue weighted by Gasteiger charge is 2.78. The highest BCUT2D eigenvalue weighted by Crippen LogP contribution is 2.64. The van der Waals surface area contributed by atoms with Crippen molar-refractivity contribution in [3.05, 3.63) is 41.7 Å². The van der Waals surface area contributed by atoms with Crippen molar-refractivity contribution in [3.63, 3.8) is 0 Å². The van der Waals surface area contributed by atoms with Crippen molar-refractivity contribution in [2.75, 3.05) is 32.9 Å². The van der Waals surface area contributed by atoms with Crippen LogP contribution in [0.25, 0.3) is 6.08 Å². The molecule has 1 aromatic rings. The summed E-state index contributed by atoms with van der Waals surface area (Å²) in [6.45, 7) is 0.584. The smallest absolute Gasteiger partial charge is 0.327 e. The minimum Gasteiger partial charge on any atom is -0.499 e. The van der Waals surface area contributed by atoms with Gasteiger partial charge in [-0.1, -0.05) is 24.3 Å². The van der Waals surface area contributed by atoms with Gasteiger partial charge in [-0.2, -0.15) is 5.06 Å². The summed E-state index contributed by atoms with van der Waals surface area (Å²) in [5.41, 5.74) is 0.357. The van der Waals surface area contributed by atoms with Gasteiger partial charge in [0, 0.05) is 31.3 Å². The second-order valence-electron chi connectivity index (χ2n) is 14.0. The van der Waals surface area contributed by atoms with Gasteiger partial charge in [0.1, 0.15) is 42.5 Å². The number of amides is 2. The van der Waals surface area contributed by atoms with Crippen LogP contribution in [0, 0.1) is 17.3 Å². The molecule has 7 fully saturated rings. The minimum absolute atomic E-state index is 0.0821. The first-order chi connectivity index (χ1) is 22.9. The lowest BCUT2D eigenvalue weighted by Gasteiger charge is -2.50. The fourth-order valence-electron chi connectivity index (χ4n) is 8.72. The van der Waals surface area contributed by atoms with Gasteiger partial charge in [-0.05, 0) is 55.7 Å². The van der Waals surface area contributed by atoms with Gasteiger partial charge >= 0.3 is 5.97 Å². The molecule has 3 N–H and O–H groups in total. The number of hydrogen-bond acceptors (Lipinski definition) is 11. The maximum absolute atomic E-state index is 15.0. The summed E-state index contributed by atoms with van der Waals surface area (Å²) in [7, 11) is 0. The second-order valence-corrected chi connectivity index (χ2v) is 14.0. The third-order valence-corrected chi connectivity index (χ3v) is 11.0. The molecule has 1 aromatic carbocycles. The van der Waals surface area contributed by atoms with Crippen LogP contribution >= 0.6 is 0 Å². The van der Waals surface area contributed by atoms with Crippen LogP contribution in [0.1, 0.15) is 56.1 Å². The van der Waals surface area contributed by atoms with E-state index in [0.717, 1.165) is 36.8 Å². The Morgan fingerprint density at radius 2 is 1.85 bits per heavy atom. The number of hydrogen-bond donors (Lipinski definition) is 3. The number of benzene rings is 1. The third kappa shape index (κ3) is 5.17. The zero-order valence-electron chi connectivity index (χ0n) is 26.3. The Balaban J connectivity index is 1.14. The molecule has 13 heteroatoms. The van der Waals surface area contributed by atoms with Gasteiger partial charge in [0.15, 0.2) is 11.8 Å². The molecule has 0 aromatic heterocycles. The van der Waals surface area contributed by atoms with E-state index in [4.69, 9.17) is 28.9 Å². The molecule has 13 nitrogen and oxygen atoms in total. The van der Waals surface area contributed by atoms with Gasteiger partial charge in [-0.15, -0.1) is 0 Å². The van der Waals surface area contributed by atoms with Crippen molar-refractivity contribution >= 4 is 23.9 Å². The summed E-state index contributed by atoms with van der Waals surface area (Å²) < 4.78 is 25.2. The predicted molar refractivity (Wildman–Crippen MR) is 162 cm³/mol. The van der Waals surface area contributed by atoms with E-state index in [1.54, 1.807) is 16.0 Å². The number of fused-ring (bicyclic) bond motifs is 4. The van der Waals surface area contributed by atoms with E-state index in [1.165, 1.54) is 6.26 Å². The van der Waals surface area contributed by atoms with Crippen molar-refractivity contribution in [1.29, 1.82) is 0 Å². The molecule has 3 aliphatic carbocycles. The maximum Gasteiger partial charge on any atom is 0.327 e. The number of carbonyl (C=O) groups is 3. The number of nitrogens with zero attached hydrogens (tertiary/aromatic N) is 2. The van der Waals surface area contributed by atoms with Crippen LogP contribution in [0.5, 0.6) is 0 Å². The highest BCUT2D eigenvalue weighted by molar-refractivity contribution is 5.96. The van der Waals surface area contributed by atoms with E-state index in [0.29, 0.717) is 19.4 Å². The molecule has 4 saturated heterocycles. The summed E-state index contributed by atoms with van der Waals surface area (Å²) in [5, 5.41) is 22.6. The Hall–Kier alpha value is -3.07. The molecule has 2 bridgehead atoms. The van der Waals surface area contributed by atoms with E-state index >= 15 is 4.79 Å². The molecule has 0 unspecified atom stereocenters. The Bertz CT molecular complexity index is 1420. The van der Waals surface area contributed by atoms with Gasteiger partial charge in [0.25, 0.3) is 0 Å². The summed E-state index contributed by atoms with van der Waals surface area (Å²) in [4.78, 5) is 50.7. The number of nitrogens with one attached hydrogen (secondary N) is 1. The van der Waals surface area contributed by atoms with Crippen LogP contribution in [-0.4, -0.2) is 113 Å². The molecule has 3 saturated carbocycles. The van der Waals surface area contributed by atoms with Gasteiger partial charge in [-0.25, -0.2) is 0 Å². The first-order valence-corrected chi connectivity index (χ1v) is 17.1. The average Bonchev–Trinajstić information content (AvgIpc) is 3.99. The Kier molecular flexibility index (Phi) is 8.05. The molecular weight excluding hydrogens is 610 g/mol. The van der Waals surface area contributed by atoms with E-state index in [-0.39, 0.29) is 63.0 Å². The van der Waals surface area contributed by atoms with Gasteiger partial charge < -0.3 is 39.4 Å². The summed E-state index contributed by atoms with van der Waals surface area (Å²) in [6.07, 6.45) is 6.04. The maximum atomic E-state index is 15.0. The van der Waals surface area contributed by atoms with Crippen molar-refractivity contribution in [2.24, 2.45) is 17.3 Å². The molecule has 4 aliphatic heterocycles. The van der Waals surface area contributed by atoms with Crippen LogP contribution < -0.4 is 5.32 Å². The first-order valence-electron chi connectivity index (χ1n) is 17.1. The highest BCUT2D eigenvalue weighted by atomic mass is 16.8. The van der Waals surface area contributed by atoms with Crippen molar-refractivity contribution in [3.8, 4) is 0 Å². The van der Waals surface area contributed by atoms with E-state index in [1.807, 2.05) is 24.3 Å². The van der Waals surface area contributed by atoms with Gasteiger partial charge in [0.2, 0.25) is 11.8 Å². The third-order valence-electron chi connectivity index (χ3n) is 11.0. The topological polar surface area (TPSA) is 156 Å². The SMILES string of the molecule is O=C(NCCO)[C@H]1CCCN1C(=O)[C@@]12C[C@H]3OC(=O)[C@@H]1N(Cc1cccc(C=COCCO)c1)O[C@@H]2[C@H]1OC(C2CC2)(C2CC2)O[C@H]13. The number of rotatable bonds is 12. The molecule has 2 amide bonds. The summed E-state index contributed by atoms with van der Waals surface area (Å²) in [5.74, 6) is -1.37. The number of carbonyl (C=O) groups excluding carboxylic acids is 3. The molecule has 47 heavy (non-hydrogen) atoms. The number of ether oxygens (including phenoxy) is 4. The zero-order valence-corrected chi connectivity index (χ0v) is 26.3. The fourth-order valence-corrected chi connectivity index (χ4v) is 8.72. The quantitative estimate of drug-likeness (QED) is 0.167. The molecule has 4 heterocycles. The molecule has 254 valence electrons. The Labute approximate surface area is 273 Å². The van der Waals surface area contributed by atoms with Gasteiger partial charge in [0.05, 0.1) is 26.0 Å². The molecule has 0 spiro atoms. The fraction of sp³-hybridized carbons (Fsp3) is 0.676. The standard InChI is InChI=1S/C34H43N3O10/c38-13-11-35-30(40)24-5-2-12-36(24)32(42)33-18-25-26-27(46-34(45-26,22-6-7-22)23-8-9-23)29(33)47-37(28(33)31(41)44-25)19-21-4-1-3-20(17-21)10-15-43-16-14-39/h1,3-4,10,15,17,22-29,38-39H,2,5-9,11-14,16,18-19H2,(H,35,40)/t24-,25-,26+,27+,28+,29-,33+/m1/s1.